The molecule has 1 heterocycles. The van der Waals surface area contributed by atoms with Crippen molar-refractivity contribution in [3.05, 3.63) is 28.2 Å². The maximum Gasteiger partial charge on any atom is 0.104 e. The van der Waals surface area contributed by atoms with E-state index in [0.29, 0.717) is 4.99 Å². The normalized spacial score (nSPS) is 16.3. The zero-order valence-corrected chi connectivity index (χ0v) is 13.1. The third kappa shape index (κ3) is 4.42. The molecule has 1 aromatic rings. The zero-order chi connectivity index (χ0) is 13.7. The molecule has 1 aliphatic heterocycles. The summed E-state index contributed by atoms with van der Waals surface area (Å²) in [5.41, 5.74) is 7.54. The van der Waals surface area contributed by atoms with Gasteiger partial charge in [0.15, 0.2) is 0 Å². The van der Waals surface area contributed by atoms with Gasteiger partial charge in [0.05, 0.1) is 13.2 Å². The molecule has 2 rings (SSSR count). The predicted molar refractivity (Wildman–Crippen MR) is 85.8 cm³/mol. The molecular formula is C13H18BrN3OS. The molecule has 0 atom stereocenters. The summed E-state index contributed by atoms with van der Waals surface area (Å²) >= 11 is 8.49. The van der Waals surface area contributed by atoms with E-state index >= 15 is 0 Å². The van der Waals surface area contributed by atoms with Gasteiger partial charge < -0.3 is 15.8 Å². The Balaban J connectivity index is 1.83. The van der Waals surface area contributed by atoms with E-state index in [2.05, 4.69) is 26.1 Å². The number of ether oxygens (including phenoxy) is 1. The van der Waals surface area contributed by atoms with E-state index in [1.807, 2.05) is 18.2 Å². The first-order valence-electron chi connectivity index (χ1n) is 6.30. The fraction of sp³-hybridized carbons (Fsp3) is 0.462. The third-order valence-corrected chi connectivity index (χ3v) is 3.99. The van der Waals surface area contributed by atoms with Gasteiger partial charge in [-0.15, -0.1) is 0 Å². The molecule has 1 fully saturated rings. The quantitative estimate of drug-likeness (QED) is 0.799. The van der Waals surface area contributed by atoms with Gasteiger partial charge in [-0.2, -0.15) is 0 Å². The highest BCUT2D eigenvalue weighted by Gasteiger charge is 2.09. The molecule has 0 aliphatic carbocycles. The first-order chi connectivity index (χ1) is 9.16. The molecule has 3 N–H and O–H groups in total. The largest absolute Gasteiger partial charge is 0.389 e. The molecule has 0 amide bonds. The Labute approximate surface area is 127 Å². The zero-order valence-electron chi connectivity index (χ0n) is 10.7. The third-order valence-electron chi connectivity index (χ3n) is 3.10. The minimum Gasteiger partial charge on any atom is -0.389 e. The summed E-state index contributed by atoms with van der Waals surface area (Å²) in [6.45, 7) is 5.64. The van der Waals surface area contributed by atoms with Gasteiger partial charge in [-0.3, -0.25) is 4.90 Å². The lowest BCUT2D eigenvalue weighted by atomic mass is 10.2. The van der Waals surface area contributed by atoms with Crippen molar-refractivity contribution in [2.75, 3.05) is 44.7 Å². The monoisotopic (exact) mass is 343 g/mol. The van der Waals surface area contributed by atoms with Crippen LogP contribution in [0.15, 0.2) is 22.7 Å². The number of anilines is 1. The highest BCUT2D eigenvalue weighted by Crippen LogP contribution is 2.23. The first-order valence-corrected chi connectivity index (χ1v) is 7.50. The number of halogens is 1. The van der Waals surface area contributed by atoms with E-state index in [9.17, 15) is 0 Å². The Morgan fingerprint density at radius 2 is 2.16 bits per heavy atom. The van der Waals surface area contributed by atoms with Crippen LogP contribution in [0.25, 0.3) is 0 Å². The molecule has 0 bridgehead atoms. The second kappa shape index (κ2) is 7.19. The van der Waals surface area contributed by atoms with E-state index in [-0.39, 0.29) is 0 Å². The van der Waals surface area contributed by atoms with Crippen molar-refractivity contribution in [1.82, 2.24) is 4.90 Å². The van der Waals surface area contributed by atoms with Crippen LogP contribution in [-0.2, 0) is 4.74 Å². The Kier molecular flexibility index (Phi) is 5.57. The van der Waals surface area contributed by atoms with Crippen LogP contribution in [0.4, 0.5) is 5.69 Å². The van der Waals surface area contributed by atoms with Gasteiger partial charge in [-0.1, -0.05) is 12.2 Å². The van der Waals surface area contributed by atoms with Crippen LogP contribution in [0, 0.1) is 0 Å². The van der Waals surface area contributed by atoms with Crippen molar-refractivity contribution in [2.24, 2.45) is 5.73 Å². The lowest BCUT2D eigenvalue weighted by Crippen LogP contribution is -2.39. The van der Waals surface area contributed by atoms with Crippen LogP contribution in [0.2, 0.25) is 0 Å². The smallest absolute Gasteiger partial charge is 0.104 e. The summed E-state index contributed by atoms with van der Waals surface area (Å²) in [4.78, 5) is 2.81. The van der Waals surface area contributed by atoms with Crippen molar-refractivity contribution in [1.29, 1.82) is 0 Å². The maximum atomic E-state index is 5.60. The predicted octanol–water partition coefficient (Wildman–Crippen LogP) is 1.83. The Morgan fingerprint density at radius 3 is 2.79 bits per heavy atom. The van der Waals surface area contributed by atoms with Gasteiger partial charge in [-0.05, 0) is 34.1 Å². The lowest BCUT2D eigenvalue weighted by Gasteiger charge is -2.26. The van der Waals surface area contributed by atoms with Crippen molar-refractivity contribution >= 4 is 38.8 Å². The van der Waals surface area contributed by atoms with E-state index in [0.717, 1.165) is 55.1 Å². The second-order valence-electron chi connectivity index (χ2n) is 4.44. The molecule has 19 heavy (non-hydrogen) atoms. The minimum absolute atomic E-state index is 0.417. The number of nitrogens with two attached hydrogens (primary N) is 1. The Bertz CT molecular complexity index is 450. The van der Waals surface area contributed by atoms with Gasteiger partial charge in [-0.25, -0.2) is 0 Å². The molecule has 0 saturated carbocycles. The molecule has 1 saturated heterocycles. The van der Waals surface area contributed by atoms with Crippen LogP contribution in [-0.4, -0.2) is 49.3 Å². The topological polar surface area (TPSA) is 50.5 Å². The number of benzene rings is 1. The second-order valence-corrected chi connectivity index (χ2v) is 5.73. The van der Waals surface area contributed by atoms with Gasteiger partial charge in [0.1, 0.15) is 4.99 Å². The average Bonchev–Trinajstić information content (AvgIpc) is 2.41. The molecular weight excluding hydrogens is 326 g/mol. The van der Waals surface area contributed by atoms with Crippen LogP contribution in [0.1, 0.15) is 5.56 Å². The van der Waals surface area contributed by atoms with E-state index in [1.54, 1.807) is 0 Å². The highest BCUT2D eigenvalue weighted by molar-refractivity contribution is 9.10. The van der Waals surface area contributed by atoms with Gasteiger partial charge in [0.25, 0.3) is 0 Å². The van der Waals surface area contributed by atoms with Gasteiger partial charge >= 0.3 is 0 Å². The molecule has 0 unspecified atom stereocenters. The van der Waals surface area contributed by atoms with E-state index < -0.39 is 0 Å². The Hall–Kier alpha value is -0.690. The fourth-order valence-corrected chi connectivity index (χ4v) is 2.63. The summed E-state index contributed by atoms with van der Waals surface area (Å²) in [5, 5.41) is 3.41. The van der Waals surface area contributed by atoms with Crippen LogP contribution in [0.3, 0.4) is 0 Å². The van der Waals surface area contributed by atoms with E-state index in [1.165, 1.54) is 0 Å². The van der Waals surface area contributed by atoms with Crippen LogP contribution in [0.5, 0.6) is 0 Å². The minimum atomic E-state index is 0.417. The average molecular weight is 344 g/mol. The highest BCUT2D eigenvalue weighted by atomic mass is 79.9. The number of nitrogens with one attached hydrogen (secondary N) is 1. The number of nitrogens with zero attached hydrogens (tertiary/aromatic N) is 1. The van der Waals surface area contributed by atoms with Gasteiger partial charge in [0, 0.05) is 41.9 Å². The van der Waals surface area contributed by atoms with Gasteiger partial charge in [0.2, 0.25) is 0 Å². The van der Waals surface area contributed by atoms with Crippen molar-refractivity contribution in [3.8, 4) is 0 Å². The molecule has 1 aromatic carbocycles. The fourth-order valence-electron chi connectivity index (χ4n) is 1.99. The Morgan fingerprint density at radius 1 is 1.42 bits per heavy atom. The summed E-state index contributed by atoms with van der Waals surface area (Å²) in [6, 6.07) is 5.88. The molecule has 4 nitrogen and oxygen atoms in total. The number of rotatable bonds is 5. The molecule has 0 spiro atoms. The van der Waals surface area contributed by atoms with Crippen molar-refractivity contribution in [2.45, 2.75) is 0 Å². The molecule has 1 aliphatic rings. The van der Waals surface area contributed by atoms with Crippen LogP contribution >= 0.6 is 28.1 Å². The molecule has 104 valence electrons. The maximum absolute atomic E-state index is 5.60. The summed E-state index contributed by atoms with van der Waals surface area (Å²) in [7, 11) is 0. The summed E-state index contributed by atoms with van der Waals surface area (Å²) in [5.74, 6) is 0. The number of hydrogen-bond acceptors (Lipinski definition) is 4. The standard InChI is InChI=1S/C13H18BrN3OS/c14-11-9-10(13(15)19)1-2-12(11)16-3-4-17-5-7-18-8-6-17/h1-2,9,16H,3-8H2,(H2,15,19). The lowest BCUT2D eigenvalue weighted by molar-refractivity contribution is 0.0398. The van der Waals surface area contributed by atoms with Crippen molar-refractivity contribution < 1.29 is 4.74 Å². The molecule has 6 heteroatoms. The number of morpholine rings is 1. The molecule has 0 aromatic heterocycles. The summed E-state index contributed by atoms with van der Waals surface area (Å²) in [6.07, 6.45) is 0. The molecule has 0 radical (unpaired) electrons. The number of thiocarbonyl (C=S) groups is 1. The van der Waals surface area contributed by atoms with Crippen molar-refractivity contribution in [3.63, 3.8) is 0 Å². The first kappa shape index (κ1) is 14.7. The summed E-state index contributed by atoms with van der Waals surface area (Å²) < 4.78 is 6.31. The SMILES string of the molecule is NC(=S)c1ccc(NCCN2CCOCC2)c(Br)c1. The number of hydrogen-bond donors (Lipinski definition) is 2. The van der Waals surface area contributed by atoms with Crippen LogP contribution < -0.4 is 11.1 Å². The van der Waals surface area contributed by atoms with E-state index in [4.69, 9.17) is 22.7 Å².